The summed E-state index contributed by atoms with van der Waals surface area (Å²) in [6.07, 6.45) is 1.74. The molecule has 28 heavy (non-hydrogen) atoms. The van der Waals surface area contributed by atoms with Crippen LogP contribution in [-0.2, 0) is 0 Å². The molecule has 0 radical (unpaired) electrons. The third-order valence-electron chi connectivity index (χ3n) is 4.76. The van der Waals surface area contributed by atoms with Gasteiger partial charge in [-0.05, 0) is 42.5 Å². The third kappa shape index (κ3) is 2.65. The molecule has 2 heterocycles. The van der Waals surface area contributed by atoms with E-state index in [1.54, 1.807) is 24.0 Å². The molecule has 0 bridgehead atoms. The maximum atomic E-state index is 9.59. The Morgan fingerprint density at radius 1 is 0.714 bits per heavy atom. The zero-order valence-electron chi connectivity index (χ0n) is 14.9. The van der Waals surface area contributed by atoms with Crippen LogP contribution in [0.5, 0.6) is 0 Å². The Kier molecular flexibility index (Phi) is 4.08. The molecule has 1 aliphatic rings. The van der Waals surface area contributed by atoms with E-state index in [4.69, 9.17) is 0 Å². The molecule has 3 nitrogen and oxygen atoms in total. The summed E-state index contributed by atoms with van der Waals surface area (Å²) in [7, 11) is 0. The van der Waals surface area contributed by atoms with Gasteiger partial charge < -0.3 is 4.90 Å². The van der Waals surface area contributed by atoms with Crippen molar-refractivity contribution in [2.75, 3.05) is 4.90 Å². The van der Waals surface area contributed by atoms with Crippen LogP contribution in [0.15, 0.2) is 101 Å². The lowest BCUT2D eigenvalue weighted by molar-refractivity contribution is 1.16. The molecule has 0 saturated carbocycles. The SMILES string of the molecule is N#Cc1cccnc1-c1ccccc1N1c2ccccc2Sc2ccccc21. The van der Waals surface area contributed by atoms with Gasteiger partial charge in [-0.25, -0.2) is 0 Å². The monoisotopic (exact) mass is 377 g/mol. The second-order valence-electron chi connectivity index (χ2n) is 6.40. The highest BCUT2D eigenvalue weighted by Gasteiger charge is 2.26. The van der Waals surface area contributed by atoms with Gasteiger partial charge in [0.05, 0.1) is 28.3 Å². The zero-order chi connectivity index (χ0) is 18.9. The molecule has 1 aliphatic heterocycles. The first-order valence-electron chi connectivity index (χ1n) is 8.97. The Morgan fingerprint density at radius 2 is 1.32 bits per heavy atom. The normalized spacial score (nSPS) is 12.0. The molecule has 0 spiro atoms. The van der Waals surface area contributed by atoms with Gasteiger partial charge in [0, 0.05) is 21.6 Å². The molecule has 4 aromatic rings. The summed E-state index contributed by atoms with van der Waals surface area (Å²) in [6, 6.07) is 30.9. The van der Waals surface area contributed by atoms with E-state index in [0.717, 1.165) is 22.6 Å². The lowest BCUT2D eigenvalue weighted by atomic mass is 10.0. The molecule has 1 aromatic heterocycles. The molecule has 4 heteroatoms. The molecule has 0 amide bonds. The van der Waals surface area contributed by atoms with Gasteiger partial charge in [0.25, 0.3) is 0 Å². The van der Waals surface area contributed by atoms with Crippen molar-refractivity contribution in [3.63, 3.8) is 0 Å². The van der Waals surface area contributed by atoms with Crippen LogP contribution in [0.1, 0.15) is 5.56 Å². The number of para-hydroxylation sites is 3. The number of rotatable bonds is 2. The van der Waals surface area contributed by atoms with Crippen LogP contribution in [0, 0.1) is 11.3 Å². The lowest BCUT2D eigenvalue weighted by Crippen LogP contribution is -2.15. The lowest BCUT2D eigenvalue weighted by Gasteiger charge is -2.34. The Hall–Kier alpha value is -3.55. The average Bonchev–Trinajstić information content (AvgIpc) is 2.77. The van der Waals surface area contributed by atoms with Crippen molar-refractivity contribution >= 4 is 28.8 Å². The average molecular weight is 377 g/mol. The summed E-state index contributed by atoms with van der Waals surface area (Å²) < 4.78 is 0. The van der Waals surface area contributed by atoms with Gasteiger partial charge in [0.2, 0.25) is 0 Å². The Labute approximate surface area is 167 Å². The van der Waals surface area contributed by atoms with Gasteiger partial charge in [-0.1, -0.05) is 54.2 Å². The van der Waals surface area contributed by atoms with Gasteiger partial charge in [-0.15, -0.1) is 0 Å². The molecule has 0 unspecified atom stereocenters. The predicted molar refractivity (Wildman–Crippen MR) is 113 cm³/mol. The molecule has 0 saturated heterocycles. The highest BCUT2D eigenvalue weighted by Crippen LogP contribution is 2.52. The number of nitriles is 1. The predicted octanol–water partition coefficient (Wildman–Crippen LogP) is 6.55. The van der Waals surface area contributed by atoms with Crippen LogP contribution in [0.25, 0.3) is 11.3 Å². The summed E-state index contributed by atoms with van der Waals surface area (Å²) in [6.45, 7) is 0. The van der Waals surface area contributed by atoms with Crippen LogP contribution < -0.4 is 4.90 Å². The summed E-state index contributed by atoms with van der Waals surface area (Å²) in [5.41, 5.74) is 5.49. The van der Waals surface area contributed by atoms with Crippen LogP contribution in [-0.4, -0.2) is 4.98 Å². The number of hydrogen-bond donors (Lipinski definition) is 0. The third-order valence-corrected chi connectivity index (χ3v) is 5.89. The highest BCUT2D eigenvalue weighted by atomic mass is 32.2. The summed E-state index contributed by atoms with van der Waals surface area (Å²) in [5, 5.41) is 9.59. The van der Waals surface area contributed by atoms with E-state index in [0.29, 0.717) is 11.3 Å². The Balaban J connectivity index is 1.79. The van der Waals surface area contributed by atoms with Gasteiger partial charge in [0.15, 0.2) is 0 Å². The van der Waals surface area contributed by atoms with E-state index in [1.165, 1.54) is 9.79 Å². The Morgan fingerprint density at radius 3 is 2.00 bits per heavy atom. The van der Waals surface area contributed by atoms with Crippen molar-refractivity contribution < 1.29 is 0 Å². The fourth-order valence-electron chi connectivity index (χ4n) is 3.54. The maximum absolute atomic E-state index is 9.59. The van der Waals surface area contributed by atoms with Crippen LogP contribution >= 0.6 is 11.8 Å². The zero-order valence-corrected chi connectivity index (χ0v) is 15.7. The minimum absolute atomic E-state index is 0.572. The minimum Gasteiger partial charge on any atom is -0.308 e. The van der Waals surface area contributed by atoms with Crippen molar-refractivity contribution in [3.8, 4) is 17.3 Å². The van der Waals surface area contributed by atoms with Crippen LogP contribution in [0.3, 0.4) is 0 Å². The highest BCUT2D eigenvalue weighted by molar-refractivity contribution is 7.99. The number of benzene rings is 3. The first-order chi connectivity index (χ1) is 13.9. The maximum Gasteiger partial charge on any atom is 0.101 e. The van der Waals surface area contributed by atoms with Crippen molar-refractivity contribution in [2.24, 2.45) is 0 Å². The molecule has 0 atom stereocenters. The molecule has 0 fully saturated rings. The largest absolute Gasteiger partial charge is 0.308 e. The van der Waals surface area contributed by atoms with E-state index < -0.39 is 0 Å². The first kappa shape index (κ1) is 16.6. The van der Waals surface area contributed by atoms with E-state index in [9.17, 15) is 5.26 Å². The van der Waals surface area contributed by atoms with E-state index in [1.807, 2.05) is 24.3 Å². The smallest absolute Gasteiger partial charge is 0.101 e. The number of aromatic nitrogens is 1. The second-order valence-corrected chi connectivity index (χ2v) is 7.49. The van der Waals surface area contributed by atoms with Crippen LogP contribution in [0.4, 0.5) is 17.1 Å². The minimum atomic E-state index is 0.572. The standard InChI is InChI=1S/C24H15N3S/c25-16-17-8-7-15-26-24(17)18-9-1-2-10-19(18)27-20-11-3-5-13-22(20)28-23-14-6-4-12-21(23)27/h1-15H. The summed E-state index contributed by atoms with van der Waals surface area (Å²) in [4.78, 5) is 9.22. The van der Waals surface area contributed by atoms with E-state index >= 15 is 0 Å². The van der Waals surface area contributed by atoms with E-state index in [-0.39, 0.29) is 0 Å². The molecule has 3 aromatic carbocycles. The first-order valence-corrected chi connectivity index (χ1v) is 9.79. The molecule has 0 aliphatic carbocycles. The quantitative estimate of drug-likeness (QED) is 0.349. The van der Waals surface area contributed by atoms with Gasteiger partial charge in [-0.3, -0.25) is 4.98 Å². The van der Waals surface area contributed by atoms with Gasteiger partial charge in [0.1, 0.15) is 6.07 Å². The molecular formula is C24H15N3S. The van der Waals surface area contributed by atoms with Gasteiger partial charge in [-0.2, -0.15) is 5.26 Å². The van der Waals surface area contributed by atoms with Crippen molar-refractivity contribution in [1.29, 1.82) is 5.26 Å². The Bertz CT molecular complexity index is 1180. The molecule has 5 rings (SSSR count). The fraction of sp³-hybridized carbons (Fsp3) is 0. The fourth-order valence-corrected chi connectivity index (χ4v) is 4.60. The summed E-state index contributed by atoms with van der Waals surface area (Å²) in [5.74, 6) is 0. The number of anilines is 3. The van der Waals surface area contributed by atoms with E-state index in [2.05, 4.69) is 70.6 Å². The van der Waals surface area contributed by atoms with Gasteiger partial charge >= 0.3 is 0 Å². The molecule has 132 valence electrons. The number of pyridine rings is 1. The van der Waals surface area contributed by atoms with Crippen molar-refractivity contribution in [1.82, 2.24) is 4.98 Å². The summed E-state index contributed by atoms with van der Waals surface area (Å²) >= 11 is 1.78. The number of nitrogens with zero attached hydrogens (tertiary/aromatic N) is 3. The number of fused-ring (bicyclic) bond motifs is 2. The van der Waals surface area contributed by atoms with Crippen molar-refractivity contribution in [2.45, 2.75) is 9.79 Å². The van der Waals surface area contributed by atoms with Crippen LogP contribution in [0.2, 0.25) is 0 Å². The number of hydrogen-bond acceptors (Lipinski definition) is 4. The second kappa shape index (κ2) is 6.88. The molecule has 0 N–H and O–H groups in total. The molecular weight excluding hydrogens is 362 g/mol. The van der Waals surface area contributed by atoms with Crippen molar-refractivity contribution in [3.05, 3.63) is 96.7 Å². The topological polar surface area (TPSA) is 39.9 Å².